The molecule has 0 unspecified atom stereocenters. The van der Waals surface area contributed by atoms with Gasteiger partial charge in [0, 0.05) is 12.2 Å². The zero-order valence-corrected chi connectivity index (χ0v) is 9.83. The number of aromatic nitrogens is 3. The maximum absolute atomic E-state index is 11.0. The highest BCUT2D eigenvalue weighted by atomic mass is 16.4. The van der Waals surface area contributed by atoms with Crippen LogP contribution in [0.3, 0.4) is 0 Å². The number of carboxylic acid groups (broad SMARTS) is 1. The molecule has 0 spiro atoms. The zero-order valence-electron chi connectivity index (χ0n) is 9.83. The smallest absolute Gasteiger partial charge is 0.341 e. The molecule has 6 nitrogen and oxygen atoms in total. The van der Waals surface area contributed by atoms with Gasteiger partial charge in [0.05, 0.1) is 6.20 Å². The summed E-state index contributed by atoms with van der Waals surface area (Å²) in [6.07, 6.45) is 7.73. The predicted octanol–water partition coefficient (Wildman–Crippen LogP) is 1.78. The van der Waals surface area contributed by atoms with Crippen LogP contribution < -0.4 is 5.32 Å². The molecule has 2 N–H and O–H groups in total. The Morgan fingerprint density at radius 2 is 2.22 bits per heavy atom. The summed E-state index contributed by atoms with van der Waals surface area (Å²) in [6.45, 7) is 0. The van der Waals surface area contributed by atoms with Crippen molar-refractivity contribution in [3.63, 3.8) is 0 Å². The summed E-state index contributed by atoms with van der Waals surface area (Å²) in [5.74, 6) is -0.199. The molecule has 2 heterocycles. The number of carboxylic acids is 1. The van der Waals surface area contributed by atoms with E-state index in [4.69, 9.17) is 5.11 Å². The molecule has 1 aliphatic carbocycles. The predicted molar refractivity (Wildman–Crippen MR) is 65.8 cm³/mol. The lowest BCUT2D eigenvalue weighted by atomic mass is 10.2. The summed E-state index contributed by atoms with van der Waals surface area (Å²) in [7, 11) is 0. The standard InChI is InChI=1S/C12H14N4O2/c17-12(18)9-7-14-16-10(5-6-13-11(9)16)15-8-3-1-2-4-8/h5-8,15H,1-4H2,(H,17,18). The van der Waals surface area contributed by atoms with Gasteiger partial charge in [0.2, 0.25) is 0 Å². The average molecular weight is 246 g/mol. The molecule has 0 atom stereocenters. The van der Waals surface area contributed by atoms with Gasteiger partial charge in [-0.2, -0.15) is 9.61 Å². The Morgan fingerprint density at radius 3 is 2.94 bits per heavy atom. The summed E-state index contributed by atoms with van der Waals surface area (Å²) >= 11 is 0. The second-order valence-electron chi connectivity index (χ2n) is 4.55. The third-order valence-electron chi connectivity index (χ3n) is 3.34. The number of carbonyl (C=O) groups is 1. The van der Waals surface area contributed by atoms with Crippen molar-refractivity contribution in [2.75, 3.05) is 5.32 Å². The molecule has 3 rings (SSSR count). The van der Waals surface area contributed by atoms with Crippen LogP contribution in [0.5, 0.6) is 0 Å². The molecule has 0 amide bonds. The first-order valence-corrected chi connectivity index (χ1v) is 6.08. The van der Waals surface area contributed by atoms with Crippen LogP contribution in [0.1, 0.15) is 36.0 Å². The van der Waals surface area contributed by atoms with Gasteiger partial charge >= 0.3 is 5.97 Å². The van der Waals surface area contributed by atoms with E-state index in [2.05, 4.69) is 15.4 Å². The molecule has 1 fully saturated rings. The molecule has 6 heteroatoms. The van der Waals surface area contributed by atoms with Crippen molar-refractivity contribution in [2.45, 2.75) is 31.7 Å². The SMILES string of the molecule is O=C(O)c1cnn2c(NC3CCCC3)ccnc12. The lowest BCUT2D eigenvalue weighted by molar-refractivity contribution is 0.0699. The molecular formula is C12H14N4O2. The van der Waals surface area contributed by atoms with Crippen LogP contribution in [0.15, 0.2) is 18.5 Å². The summed E-state index contributed by atoms with van der Waals surface area (Å²) < 4.78 is 1.56. The molecule has 1 aliphatic rings. The average Bonchev–Trinajstić information content (AvgIpc) is 2.97. The molecule has 2 aromatic rings. The number of aromatic carboxylic acids is 1. The van der Waals surface area contributed by atoms with Crippen LogP contribution in [0, 0.1) is 0 Å². The van der Waals surface area contributed by atoms with Crippen LogP contribution in [0.25, 0.3) is 5.65 Å². The van der Waals surface area contributed by atoms with E-state index in [1.165, 1.54) is 19.0 Å². The molecule has 0 aliphatic heterocycles. The Bertz CT molecular complexity index is 587. The van der Waals surface area contributed by atoms with Gasteiger partial charge in [-0.05, 0) is 18.9 Å². The minimum Gasteiger partial charge on any atom is -0.477 e. The van der Waals surface area contributed by atoms with Crippen molar-refractivity contribution in [3.8, 4) is 0 Å². The Kier molecular flexibility index (Phi) is 2.62. The van der Waals surface area contributed by atoms with Crippen LogP contribution >= 0.6 is 0 Å². The van der Waals surface area contributed by atoms with Gasteiger partial charge in [-0.1, -0.05) is 12.8 Å². The minimum absolute atomic E-state index is 0.130. The second-order valence-corrected chi connectivity index (χ2v) is 4.55. The van der Waals surface area contributed by atoms with Crippen molar-refractivity contribution < 1.29 is 9.90 Å². The highest BCUT2D eigenvalue weighted by molar-refractivity contribution is 5.94. The van der Waals surface area contributed by atoms with Crippen molar-refractivity contribution in [1.29, 1.82) is 0 Å². The molecule has 1 saturated carbocycles. The number of rotatable bonds is 3. The summed E-state index contributed by atoms with van der Waals surface area (Å²) in [5, 5.41) is 16.5. The van der Waals surface area contributed by atoms with Crippen LogP contribution in [-0.4, -0.2) is 31.7 Å². The van der Waals surface area contributed by atoms with Crippen molar-refractivity contribution >= 4 is 17.4 Å². The van der Waals surface area contributed by atoms with Crippen LogP contribution in [0.4, 0.5) is 5.82 Å². The molecule has 0 bridgehead atoms. The normalized spacial score (nSPS) is 16.2. The van der Waals surface area contributed by atoms with Crippen molar-refractivity contribution in [3.05, 3.63) is 24.0 Å². The maximum Gasteiger partial charge on any atom is 0.341 e. The first-order chi connectivity index (χ1) is 8.75. The minimum atomic E-state index is -1.00. The fourth-order valence-electron chi connectivity index (χ4n) is 2.43. The van der Waals surface area contributed by atoms with Gasteiger partial charge in [0.1, 0.15) is 11.4 Å². The monoisotopic (exact) mass is 246 g/mol. The highest BCUT2D eigenvalue weighted by Crippen LogP contribution is 2.22. The van der Waals surface area contributed by atoms with Gasteiger partial charge < -0.3 is 10.4 Å². The summed E-state index contributed by atoms with van der Waals surface area (Å²) in [6, 6.07) is 2.28. The molecule has 0 aromatic carbocycles. The van der Waals surface area contributed by atoms with E-state index in [1.54, 1.807) is 10.7 Å². The highest BCUT2D eigenvalue weighted by Gasteiger charge is 2.18. The molecular weight excluding hydrogens is 232 g/mol. The second kappa shape index (κ2) is 4.29. The van der Waals surface area contributed by atoms with E-state index in [9.17, 15) is 4.79 Å². The Morgan fingerprint density at radius 1 is 1.44 bits per heavy atom. The first-order valence-electron chi connectivity index (χ1n) is 6.08. The number of fused-ring (bicyclic) bond motifs is 1. The topological polar surface area (TPSA) is 79.5 Å². The largest absolute Gasteiger partial charge is 0.477 e. The van der Waals surface area contributed by atoms with Gasteiger partial charge in [-0.15, -0.1) is 0 Å². The third kappa shape index (κ3) is 1.79. The van der Waals surface area contributed by atoms with Gasteiger partial charge in [-0.3, -0.25) is 0 Å². The van der Waals surface area contributed by atoms with E-state index in [0.29, 0.717) is 11.7 Å². The fraction of sp³-hybridized carbons (Fsp3) is 0.417. The molecule has 94 valence electrons. The lowest BCUT2D eigenvalue weighted by Crippen LogP contribution is -2.17. The zero-order chi connectivity index (χ0) is 12.5. The summed E-state index contributed by atoms with van der Waals surface area (Å²) in [5.41, 5.74) is 0.510. The summed E-state index contributed by atoms with van der Waals surface area (Å²) in [4.78, 5) is 15.1. The van der Waals surface area contributed by atoms with E-state index in [1.807, 2.05) is 6.07 Å². The number of hydrogen-bond acceptors (Lipinski definition) is 4. The third-order valence-corrected chi connectivity index (χ3v) is 3.34. The lowest BCUT2D eigenvalue weighted by Gasteiger charge is -2.13. The fourth-order valence-corrected chi connectivity index (χ4v) is 2.43. The number of hydrogen-bond donors (Lipinski definition) is 2. The maximum atomic E-state index is 11.0. The molecule has 2 aromatic heterocycles. The van der Waals surface area contributed by atoms with Crippen LogP contribution in [-0.2, 0) is 0 Å². The van der Waals surface area contributed by atoms with E-state index < -0.39 is 5.97 Å². The van der Waals surface area contributed by atoms with Crippen LogP contribution in [0.2, 0.25) is 0 Å². The van der Waals surface area contributed by atoms with E-state index >= 15 is 0 Å². The quantitative estimate of drug-likeness (QED) is 0.863. The Labute approximate surface area is 104 Å². The van der Waals surface area contributed by atoms with Gasteiger partial charge in [-0.25, -0.2) is 9.78 Å². The molecule has 0 saturated heterocycles. The van der Waals surface area contributed by atoms with Gasteiger partial charge in [0.25, 0.3) is 0 Å². The van der Waals surface area contributed by atoms with Crippen molar-refractivity contribution in [2.24, 2.45) is 0 Å². The number of nitrogens with zero attached hydrogens (tertiary/aromatic N) is 3. The Balaban J connectivity index is 1.99. The number of anilines is 1. The van der Waals surface area contributed by atoms with E-state index in [0.717, 1.165) is 18.7 Å². The molecule has 18 heavy (non-hydrogen) atoms. The first kappa shape index (κ1) is 11.0. The van der Waals surface area contributed by atoms with Gasteiger partial charge in [0.15, 0.2) is 5.65 Å². The Hall–Kier alpha value is -2.11. The number of nitrogens with one attached hydrogen (secondary N) is 1. The molecule has 0 radical (unpaired) electrons. The van der Waals surface area contributed by atoms with E-state index in [-0.39, 0.29) is 5.56 Å². The van der Waals surface area contributed by atoms with Crippen molar-refractivity contribution in [1.82, 2.24) is 14.6 Å².